The summed E-state index contributed by atoms with van der Waals surface area (Å²) in [5.41, 5.74) is 4.72. The van der Waals surface area contributed by atoms with E-state index >= 15 is 0 Å². The molecule has 29 heavy (non-hydrogen) atoms. The molecule has 150 valence electrons. The van der Waals surface area contributed by atoms with Gasteiger partial charge in [0, 0.05) is 30.7 Å². The first-order chi connectivity index (χ1) is 14.0. The van der Waals surface area contributed by atoms with Crippen molar-refractivity contribution in [1.82, 2.24) is 20.6 Å². The van der Waals surface area contributed by atoms with E-state index in [1.54, 1.807) is 18.7 Å². The fourth-order valence-corrected chi connectivity index (χ4v) is 3.77. The van der Waals surface area contributed by atoms with Crippen LogP contribution in [0.2, 0.25) is 0 Å². The maximum Gasteiger partial charge on any atom is 0.284 e. The van der Waals surface area contributed by atoms with E-state index in [1.165, 1.54) is 11.3 Å². The van der Waals surface area contributed by atoms with Gasteiger partial charge in [-0.3, -0.25) is 4.79 Å². The summed E-state index contributed by atoms with van der Waals surface area (Å²) in [5, 5.41) is 6.37. The first-order valence-corrected chi connectivity index (χ1v) is 10.2. The fraction of sp³-hybridized carbons (Fsp3) is 0.227. The molecule has 0 radical (unpaired) electrons. The highest BCUT2D eigenvalue weighted by Gasteiger charge is 2.16. The van der Waals surface area contributed by atoms with Gasteiger partial charge >= 0.3 is 0 Å². The molecule has 0 bridgehead atoms. The first kappa shape index (κ1) is 20.5. The minimum absolute atomic E-state index is 0.216. The van der Waals surface area contributed by atoms with Gasteiger partial charge in [0.15, 0.2) is 5.01 Å². The summed E-state index contributed by atoms with van der Waals surface area (Å²) in [4.78, 5) is 22.2. The van der Waals surface area contributed by atoms with Gasteiger partial charge in [0.2, 0.25) is 5.89 Å². The molecule has 3 rings (SSSR count). The molecule has 0 atom stereocenters. The maximum absolute atomic E-state index is 12.7. The molecule has 0 aliphatic rings. The standard InChI is InChI=1S/C22H24N4O2S/c1-5-6-18(15(3)12-23-4)26-20(27)22-25-13-19(29-22)17-11-16(8-7-14(17)2)21-24-9-10-28-21/h6-13,23H,5H2,1-4H3,(H,26,27)/b15-12-,18-6+. The van der Waals surface area contributed by atoms with Gasteiger partial charge in [-0.05, 0) is 49.1 Å². The molecule has 6 nitrogen and oxygen atoms in total. The molecule has 0 aliphatic heterocycles. The van der Waals surface area contributed by atoms with Crippen molar-refractivity contribution in [1.29, 1.82) is 0 Å². The molecule has 2 heterocycles. The predicted molar refractivity (Wildman–Crippen MR) is 116 cm³/mol. The molecule has 1 aromatic carbocycles. The highest BCUT2D eigenvalue weighted by atomic mass is 32.1. The summed E-state index contributed by atoms with van der Waals surface area (Å²) in [6.45, 7) is 6.01. The van der Waals surface area contributed by atoms with Gasteiger partial charge in [0.1, 0.15) is 6.26 Å². The van der Waals surface area contributed by atoms with Crippen LogP contribution in [0.15, 0.2) is 64.8 Å². The third-order valence-electron chi connectivity index (χ3n) is 4.32. The number of nitrogens with one attached hydrogen (secondary N) is 2. The van der Waals surface area contributed by atoms with E-state index in [9.17, 15) is 4.79 Å². The number of aromatic nitrogens is 2. The van der Waals surface area contributed by atoms with E-state index in [-0.39, 0.29) is 5.91 Å². The molecule has 2 aromatic heterocycles. The predicted octanol–water partition coefficient (Wildman–Crippen LogP) is 4.92. The zero-order valence-electron chi connectivity index (χ0n) is 16.9. The number of hydrogen-bond acceptors (Lipinski definition) is 6. The molecular formula is C22H24N4O2S. The number of allylic oxidation sites excluding steroid dienone is 2. The molecule has 0 aliphatic carbocycles. The van der Waals surface area contributed by atoms with Crippen molar-refractivity contribution in [2.45, 2.75) is 27.2 Å². The van der Waals surface area contributed by atoms with Crippen LogP contribution in [0.25, 0.3) is 21.9 Å². The van der Waals surface area contributed by atoms with Gasteiger partial charge in [0.05, 0.1) is 11.1 Å². The number of thiazole rings is 1. The molecule has 3 aromatic rings. The number of carbonyl (C=O) groups excluding carboxylic acids is 1. The van der Waals surface area contributed by atoms with Crippen LogP contribution in [0.1, 0.15) is 35.6 Å². The highest BCUT2D eigenvalue weighted by molar-refractivity contribution is 7.17. The zero-order valence-corrected chi connectivity index (χ0v) is 17.8. The van der Waals surface area contributed by atoms with Gasteiger partial charge in [0.25, 0.3) is 5.91 Å². The van der Waals surface area contributed by atoms with Gasteiger partial charge in [-0.25, -0.2) is 9.97 Å². The number of carbonyl (C=O) groups is 1. The number of oxazole rings is 1. The van der Waals surface area contributed by atoms with Crippen LogP contribution in [-0.4, -0.2) is 22.9 Å². The van der Waals surface area contributed by atoms with Crippen LogP contribution >= 0.6 is 11.3 Å². The summed E-state index contributed by atoms with van der Waals surface area (Å²) in [5.74, 6) is 0.348. The molecule has 0 saturated heterocycles. The van der Waals surface area contributed by atoms with Gasteiger partial charge in [-0.15, -0.1) is 11.3 Å². The van der Waals surface area contributed by atoms with Crippen molar-refractivity contribution < 1.29 is 9.21 Å². The molecule has 2 N–H and O–H groups in total. The third-order valence-corrected chi connectivity index (χ3v) is 5.35. The molecular weight excluding hydrogens is 384 g/mol. The number of rotatable bonds is 7. The van der Waals surface area contributed by atoms with Crippen molar-refractivity contribution >= 4 is 17.2 Å². The molecule has 0 fully saturated rings. The molecule has 7 heteroatoms. The Labute approximate surface area is 174 Å². The Morgan fingerprint density at radius 3 is 2.83 bits per heavy atom. The van der Waals surface area contributed by atoms with E-state index in [1.807, 2.05) is 58.3 Å². The average Bonchev–Trinajstić information content (AvgIpc) is 3.40. The van der Waals surface area contributed by atoms with Crippen LogP contribution in [0.4, 0.5) is 0 Å². The second kappa shape index (κ2) is 9.34. The van der Waals surface area contributed by atoms with Gasteiger partial charge < -0.3 is 15.1 Å². The SMILES string of the molecule is CC/C=C(NC(=O)c1ncc(-c2cc(-c3ncco3)ccc2C)s1)\C(C)=C/NC. The molecule has 1 amide bonds. The number of amides is 1. The van der Waals surface area contributed by atoms with Crippen molar-refractivity contribution in [2.24, 2.45) is 0 Å². The third kappa shape index (κ3) is 4.81. The van der Waals surface area contributed by atoms with E-state index in [0.29, 0.717) is 10.9 Å². The summed E-state index contributed by atoms with van der Waals surface area (Å²) >= 11 is 1.36. The normalized spacial score (nSPS) is 12.1. The van der Waals surface area contributed by atoms with Crippen molar-refractivity contribution in [2.75, 3.05) is 7.05 Å². The van der Waals surface area contributed by atoms with Crippen molar-refractivity contribution in [3.63, 3.8) is 0 Å². The summed E-state index contributed by atoms with van der Waals surface area (Å²) in [6, 6.07) is 6.00. The smallest absolute Gasteiger partial charge is 0.284 e. The Balaban J connectivity index is 1.85. The number of nitrogens with zero attached hydrogens (tertiary/aromatic N) is 2. The second-order valence-corrected chi connectivity index (χ2v) is 7.52. The molecule has 0 unspecified atom stereocenters. The largest absolute Gasteiger partial charge is 0.445 e. The zero-order chi connectivity index (χ0) is 20.8. The lowest BCUT2D eigenvalue weighted by Crippen LogP contribution is -2.23. The van der Waals surface area contributed by atoms with Crippen LogP contribution < -0.4 is 10.6 Å². The molecule has 0 saturated carbocycles. The van der Waals surface area contributed by atoms with E-state index < -0.39 is 0 Å². The lowest BCUT2D eigenvalue weighted by atomic mass is 10.0. The second-order valence-electron chi connectivity index (χ2n) is 6.49. The van der Waals surface area contributed by atoms with Crippen LogP contribution in [0, 0.1) is 6.92 Å². The van der Waals surface area contributed by atoms with Crippen LogP contribution in [-0.2, 0) is 0 Å². The van der Waals surface area contributed by atoms with Gasteiger partial charge in [-0.1, -0.05) is 19.1 Å². The summed E-state index contributed by atoms with van der Waals surface area (Å²) < 4.78 is 5.40. The summed E-state index contributed by atoms with van der Waals surface area (Å²) in [6.07, 6.45) is 9.57. The average molecular weight is 409 g/mol. The minimum Gasteiger partial charge on any atom is -0.445 e. The summed E-state index contributed by atoms with van der Waals surface area (Å²) in [7, 11) is 1.83. The quantitative estimate of drug-likeness (QED) is 0.543. The monoisotopic (exact) mass is 408 g/mol. The van der Waals surface area contributed by atoms with Crippen LogP contribution in [0.3, 0.4) is 0 Å². The maximum atomic E-state index is 12.7. The Bertz CT molecular complexity index is 1050. The van der Waals surface area contributed by atoms with E-state index in [4.69, 9.17) is 4.42 Å². The lowest BCUT2D eigenvalue weighted by Gasteiger charge is -2.09. The Morgan fingerprint density at radius 2 is 2.14 bits per heavy atom. The molecule has 0 spiro atoms. The fourth-order valence-electron chi connectivity index (χ4n) is 2.87. The van der Waals surface area contributed by atoms with Crippen molar-refractivity contribution in [3.8, 4) is 21.9 Å². The van der Waals surface area contributed by atoms with E-state index in [0.717, 1.165) is 39.3 Å². The Kier molecular flexibility index (Phi) is 6.61. The topological polar surface area (TPSA) is 80.1 Å². The van der Waals surface area contributed by atoms with Crippen molar-refractivity contribution in [3.05, 3.63) is 71.0 Å². The minimum atomic E-state index is -0.216. The van der Waals surface area contributed by atoms with E-state index in [2.05, 4.69) is 20.6 Å². The lowest BCUT2D eigenvalue weighted by molar-refractivity contribution is 0.0966. The number of aryl methyl sites for hydroxylation is 1. The van der Waals surface area contributed by atoms with Crippen LogP contribution in [0.5, 0.6) is 0 Å². The Morgan fingerprint density at radius 1 is 1.31 bits per heavy atom. The first-order valence-electron chi connectivity index (χ1n) is 9.36. The van der Waals surface area contributed by atoms with Gasteiger partial charge in [-0.2, -0.15) is 0 Å². The number of benzene rings is 1. The number of hydrogen-bond donors (Lipinski definition) is 2. The Hall–Kier alpha value is -3.19. The highest BCUT2D eigenvalue weighted by Crippen LogP contribution is 2.32.